The number of hydrogen-bond donors (Lipinski definition) is 3. The number of amides is 1. The van der Waals surface area contributed by atoms with E-state index in [-0.39, 0.29) is 5.92 Å². The van der Waals surface area contributed by atoms with Crippen molar-refractivity contribution in [3.63, 3.8) is 0 Å². The van der Waals surface area contributed by atoms with Gasteiger partial charge in [-0.2, -0.15) is 0 Å². The highest BCUT2D eigenvalue weighted by molar-refractivity contribution is 7.71. The van der Waals surface area contributed by atoms with Crippen molar-refractivity contribution >= 4 is 34.8 Å². The van der Waals surface area contributed by atoms with E-state index in [2.05, 4.69) is 26.7 Å². The van der Waals surface area contributed by atoms with Gasteiger partial charge in [-0.15, -0.1) is 0 Å². The lowest BCUT2D eigenvalue weighted by Crippen LogP contribution is -2.41. The number of carbonyl (C=O) groups excluding carboxylic acids is 1. The van der Waals surface area contributed by atoms with Crippen molar-refractivity contribution < 1.29 is 4.79 Å². The molecular weight excluding hydrogens is 368 g/mol. The average Bonchev–Trinajstić information content (AvgIpc) is 2.73. The minimum atomic E-state index is 0.197. The molecule has 0 bridgehead atoms. The first kappa shape index (κ1) is 19.4. The minimum absolute atomic E-state index is 0.197. The van der Waals surface area contributed by atoms with Gasteiger partial charge in [0.1, 0.15) is 5.82 Å². The predicted octanol–water partition coefficient (Wildman–Crippen LogP) is 4.96. The highest BCUT2D eigenvalue weighted by atomic mass is 32.1. The molecule has 5 nitrogen and oxygen atoms in total. The number of benzene rings is 1. The van der Waals surface area contributed by atoms with Crippen LogP contribution in [0.3, 0.4) is 0 Å². The Bertz CT molecular complexity index is 866. The number of aromatic nitrogens is 2. The fourth-order valence-electron chi connectivity index (χ4n) is 4.67. The summed E-state index contributed by atoms with van der Waals surface area (Å²) in [6.07, 6.45) is 10.3. The van der Waals surface area contributed by atoms with E-state index < -0.39 is 0 Å². The number of nitrogens with one attached hydrogen (secondary N) is 3. The second kappa shape index (κ2) is 9.03. The molecule has 0 unspecified atom stereocenters. The monoisotopic (exact) mass is 398 g/mol. The number of para-hydroxylation sites is 1. The van der Waals surface area contributed by atoms with Gasteiger partial charge in [-0.25, -0.2) is 4.98 Å². The van der Waals surface area contributed by atoms with Crippen LogP contribution in [-0.4, -0.2) is 28.5 Å². The average molecular weight is 399 g/mol. The van der Waals surface area contributed by atoms with Gasteiger partial charge in [0.15, 0.2) is 4.77 Å². The Morgan fingerprint density at radius 3 is 2.61 bits per heavy atom. The molecule has 28 heavy (non-hydrogen) atoms. The van der Waals surface area contributed by atoms with Crippen molar-refractivity contribution in [3.8, 4) is 0 Å². The third-order valence-corrected chi connectivity index (χ3v) is 6.56. The lowest BCUT2D eigenvalue weighted by molar-refractivity contribution is -0.127. The summed E-state index contributed by atoms with van der Waals surface area (Å²) in [6.45, 7) is 0.882. The molecule has 2 saturated carbocycles. The Morgan fingerprint density at radius 2 is 1.82 bits per heavy atom. The lowest BCUT2D eigenvalue weighted by Gasteiger charge is -2.30. The maximum atomic E-state index is 12.6. The number of H-pyrrole nitrogens is 1. The number of aromatic amines is 1. The summed E-state index contributed by atoms with van der Waals surface area (Å²) in [7, 11) is 0. The zero-order chi connectivity index (χ0) is 19.3. The van der Waals surface area contributed by atoms with Crippen LogP contribution in [0.2, 0.25) is 0 Å². The van der Waals surface area contributed by atoms with Crippen LogP contribution in [0.5, 0.6) is 0 Å². The largest absolute Gasteiger partial charge is 0.369 e. The van der Waals surface area contributed by atoms with Gasteiger partial charge in [-0.1, -0.05) is 31.4 Å². The van der Waals surface area contributed by atoms with Gasteiger partial charge in [0.2, 0.25) is 5.91 Å². The molecule has 150 valence electrons. The Balaban J connectivity index is 1.28. The molecule has 4 rings (SSSR count). The molecule has 2 aliphatic carbocycles. The standard InChI is InChI=1S/C22H30N4OS/c27-21(24-17-6-2-1-3-7-17)16-12-10-15(11-13-16)14-23-20-18-8-4-5-9-19(18)25-22(28)26-20/h4-5,8-9,15-17H,1-3,6-7,10-14H2,(H,24,27)(H2,23,25,26,28). The van der Waals surface area contributed by atoms with E-state index >= 15 is 0 Å². The zero-order valence-corrected chi connectivity index (χ0v) is 17.2. The Labute approximate surface area is 171 Å². The number of rotatable bonds is 5. The molecule has 2 fully saturated rings. The normalized spacial score (nSPS) is 23.4. The van der Waals surface area contributed by atoms with E-state index in [9.17, 15) is 4.79 Å². The van der Waals surface area contributed by atoms with Crippen LogP contribution in [0.1, 0.15) is 57.8 Å². The second-order valence-corrected chi connectivity index (χ2v) is 8.76. The quantitative estimate of drug-likeness (QED) is 0.623. The zero-order valence-electron chi connectivity index (χ0n) is 16.4. The molecule has 3 N–H and O–H groups in total. The number of nitrogens with zero attached hydrogens (tertiary/aromatic N) is 1. The molecule has 1 aromatic heterocycles. The summed E-state index contributed by atoms with van der Waals surface area (Å²) in [5.74, 6) is 1.93. The molecule has 0 spiro atoms. The van der Waals surface area contributed by atoms with E-state index in [1.807, 2.05) is 18.2 Å². The second-order valence-electron chi connectivity index (χ2n) is 8.38. The van der Waals surface area contributed by atoms with E-state index in [1.54, 1.807) is 0 Å². The molecule has 1 heterocycles. The van der Waals surface area contributed by atoms with E-state index in [0.717, 1.165) is 61.8 Å². The summed E-state index contributed by atoms with van der Waals surface area (Å²) in [4.78, 5) is 20.2. The number of hydrogen-bond acceptors (Lipinski definition) is 4. The number of fused-ring (bicyclic) bond motifs is 1. The van der Waals surface area contributed by atoms with Crippen molar-refractivity contribution in [3.05, 3.63) is 29.0 Å². The molecule has 0 aliphatic heterocycles. The van der Waals surface area contributed by atoms with Crippen molar-refractivity contribution in [1.82, 2.24) is 15.3 Å². The first-order valence-corrected chi connectivity index (χ1v) is 11.1. The summed E-state index contributed by atoms with van der Waals surface area (Å²) < 4.78 is 0.504. The first-order chi connectivity index (χ1) is 13.7. The Hall–Kier alpha value is -1.95. The summed E-state index contributed by atoms with van der Waals surface area (Å²) in [5.41, 5.74) is 1.01. The molecule has 2 aliphatic rings. The molecule has 0 saturated heterocycles. The van der Waals surface area contributed by atoms with Crippen LogP contribution >= 0.6 is 12.2 Å². The molecule has 0 radical (unpaired) electrons. The van der Waals surface area contributed by atoms with Crippen molar-refractivity contribution in [2.24, 2.45) is 11.8 Å². The third kappa shape index (κ3) is 4.72. The van der Waals surface area contributed by atoms with Crippen molar-refractivity contribution in [2.75, 3.05) is 11.9 Å². The van der Waals surface area contributed by atoms with Crippen LogP contribution in [0.15, 0.2) is 24.3 Å². The maximum absolute atomic E-state index is 12.6. The smallest absolute Gasteiger partial charge is 0.223 e. The maximum Gasteiger partial charge on any atom is 0.223 e. The molecule has 1 aromatic carbocycles. The van der Waals surface area contributed by atoms with Gasteiger partial charge in [-0.05, 0) is 68.8 Å². The van der Waals surface area contributed by atoms with Crippen LogP contribution in [0.25, 0.3) is 10.9 Å². The molecule has 6 heteroatoms. The fraction of sp³-hybridized carbons (Fsp3) is 0.591. The van der Waals surface area contributed by atoms with Crippen molar-refractivity contribution in [1.29, 1.82) is 0 Å². The van der Waals surface area contributed by atoms with Gasteiger partial charge in [-0.3, -0.25) is 4.79 Å². The molecule has 2 aromatic rings. The van der Waals surface area contributed by atoms with Gasteiger partial charge in [0, 0.05) is 23.9 Å². The van der Waals surface area contributed by atoms with Crippen LogP contribution < -0.4 is 10.6 Å². The number of carbonyl (C=O) groups is 1. The topological polar surface area (TPSA) is 69.8 Å². The Kier molecular flexibility index (Phi) is 6.25. The molecular formula is C22H30N4OS. The van der Waals surface area contributed by atoms with Gasteiger partial charge < -0.3 is 15.6 Å². The summed E-state index contributed by atoms with van der Waals surface area (Å²) >= 11 is 5.26. The lowest BCUT2D eigenvalue weighted by atomic mass is 9.81. The van der Waals surface area contributed by atoms with Crippen molar-refractivity contribution in [2.45, 2.75) is 63.8 Å². The number of anilines is 1. The highest BCUT2D eigenvalue weighted by Crippen LogP contribution is 2.30. The summed E-state index contributed by atoms with van der Waals surface area (Å²) in [5, 5.41) is 7.88. The molecule has 0 atom stereocenters. The van der Waals surface area contributed by atoms with E-state index in [0.29, 0.717) is 22.6 Å². The minimum Gasteiger partial charge on any atom is -0.369 e. The van der Waals surface area contributed by atoms with Gasteiger partial charge in [0.25, 0.3) is 0 Å². The fourth-order valence-corrected chi connectivity index (χ4v) is 4.88. The SMILES string of the molecule is O=C(NC1CCCCC1)C1CCC(CNc2nc(=S)[nH]c3ccccc23)CC1. The van der Waals surface area contributed by atoms with Gasteiger partial charge in [0.05, 0.1) is 5.52 Å². The van der Waals surface area contributed by atoms with Crippen LogP contribution in [0, 0.1) is 16.6 Å². The predicted molar refractivity (Wildman–Crippen MR) is 116 cm³/mol. The van der Waals surface area contributed by atoms with E-state index in [1.165, 1.54) is 19.3 Å². The Morgan fingerprint density at radius 1 is 1.07 bits per heavy atom. The van der Waals surface area contributed by atoms with Crippen LogP contribution in [0.4, 0.5) is 5.82 Å². The van der Waals surface area contributed by atoms with Crippen LogP contribution in [-0.2, 0) is 4.79 Å². The van der Waals surface area contributed by atoms with E-state index in [4.69, 9.17) is 12.2 Å². The first-order valence-electron chi connectivity index (χ1n) is 10.7. The third-order valence-electron chi connectivity index (χ3n) is 6.36. The summed E-state index contributed by atoms with van der Waals surface area (Å²) in [6, 6.07) is 8.51. The highest BCUT2D eigenvalue weighted by Gasteiger charge is 2.28. The molecule has 1 amide bonds. The van der Waals surface area contributed by atoms with Gasteiger partial charge >= 0.3 is 0 Å².